The van der Waals surface area contributed by atoms with Crippen LogP contribution in [0.15, 0.2) is 49.2 Å². The van der Waals surface area contributed by atoms with Gasteiger partial charge in [-0.15, -0.1) is 5.10 Å². The van der Waals surface area contributed by atoms with E-state index in [0.717, 1.165) is 5.56 Å². The molecular weight excluding hydrogens is 374 g/mol. The average Bonchev–Trinajstić information content (AvgIpc) is 3.18. The molecule has 4 rings (SSSR count). The molecule has 10 nitrogen and oxygen atoms in total. The van der Waals surface area contributed by atoms with Crippen LogP contribution in [0.3, 0.4) is 0 Å². The molecule has 2 aromatic heterocycles. The summed E-state index contributed by atoms with van der Waals surface area (Å²) in [6, 6.07) is 7.49. The third-order valence-electron chi connectivity index (χ3n) is 4.35. The van der Waals surface area contributed by atoms with Gasteiger partial charge in [0.2, 0.25) is 5.91 Å². The minimum absolute atomic E-state index is 0.0457. The fourth-order valence-corrected chi connectivity index (χ4v) is 3.01. The number of benzene rings is 1. The Morgan fingerprint density at radius 3 is 2.79 bits per heavy atom. The van der Waals surface area contributed by atoms with Crippen molar-refractivity contribution in [3.05, 3.63) is 66.0 Å². The van der Waals surface area contributed by atoms with Crippen molar-refractivity contribution in [2.45, 2.75) is 19.6 Å². The van der Waals surface area contributed by atoms with Gasteiger partial charge in [0.25, 0.3) is 5.91 Å². The van der Waals surface area contributed by atoms with E-state index in [1.54, 1.807) is 11.1 Å². The molecule has 2 amide bonds. The Bertz CT molecular complexity index is 1010. The fraction of sp³-hybridized carbons (Fsp3) is 0.263. The first-order chi connectivity index (χ1) is 14.2. The number of carbonyl (C=O) groups is 2. The van der Waals surface area contributed by atoms with E-state index in [1.165, 1.54) is 23.4 Å². The molecule has 0 unspecified atom stereocenters. The zero-order valence-corrected chi connectivity index (χ0v) is 15.6. The Morgan fingerprint density at radius 1 is 1.10 bits per heavy atom. The maximum absolute atomic E-state index is 13.1. The first-order valence-corrected chi connectivity index (χ1v) is 9.10. The van der Waals surface area contributed by atoms with Crippen molar-refractivity contribution in [1.29, 1.82) is 0 Å². The van der Waals surface area contributed by atoms with Crippen LogP contribution in [0.5, 0.6) is 5.75 Å². The first-order valence-electron chi connectivity index (χ1n) is 9.10. The average molecular weight is 393 g/mol. The lowest BCUT2D eigenvalue weighted by molar-refractivity contribution is -0.121. The number of rotatable bonds is 1. The zero-order chi connectivity index (χ0) is 20.1. The molecule has 10 heteroatoms. The summed E-state index contributed by atoms with van der Waals surface area (Å²) in [4.78, 5) is 34.6. The maximum Gasteiger partial charge on any atom is 0.257 e. The summed E-state index contributed by atoms with van der Waals surface area (Å²) in [6.07, 6.45) is 5.99. The van der Waals surface area contributed by atoms with Crippen molar-refractivity contribution in [3.63, 3.8) is 0 Å². The van der Waals surface area contributed by atoms with Gasteiger partial charge in [-0.1, -0.05) is 23.4 Å². The van der Waals surface area contributed by atoms with Gasteiger partial charge < -0.3 is 15.0 Å². The normalized spacial score (nSPS) is 14.9. The molecule has 0 saturated heterocycles. The van der Waals surface area contributed by atoms with Gasteiger partial charge in [0.05, 0.1) is 31.4 Å². The van der Waals surface area contributed by atoms with Gasteiger partial charge >= 0.3 is 0 Å². The highest BCUT2D eigenvalue weighted by Gasteiger charge is 2.21. The quantitative estimate of drug-likeness (QED) is 0.637. The SMILES string of the molecule is O=C1Cn2cc(nn2)CN(C(=O)c2cncnc2)Cc2ccccc2OCCN1. The lowest BCUT2D eigenvalue weighted by atomic mass is 10.1. The molecule has 1 aliphatic heterocycles. The molecule has 148 valence electrons. The molecule has 0 atom stereocenters. The molecule has 2 bridgehead atoms. The lowest BCUT2D eigenvalue weighted by Gasteiger charge is -2.23. The minimum atomic E-state index is -0.236. The molecule has 1 N–H and O–H groups in total. The zero-order valence-electron chi connectivity index (χ0n) is 15.6. The molecule has 0 fully saturated rings. The standard InChI is InChI=1S/C19H19N7O3/c27-18-12-26-11-16(23-24-26)10-25(19(28)15-7-20-13-21-8-15)9-14-3-1-2-4-17(14)29-6-5-22-18/h1-4,7-8,11,13H,5-6,9-10,12H2,(H,22,27). The van der Waals surface area contributed by atoms with Crippen molar-refractivity contribution in [3.8, 4) is 5.75 Å². The van der Waals surface area contributed by atoms with Gasteiger partial charge in [-0.2, -0.15) is 0 Å². The summed E-state index contributed by atoms with van der Waals surface area (Å²) >= 11 is 0. The van der Waals surface area contributed by atoms with Gasteiger partial charge in [-0.05, 0) is 6.07 Å². The highest BCUT2D eigenvalue weighted by atomic mass is 16.5. The van der Waals surface area contributed by atoms with Crippen molar-refractivity contribution in [1.82, 2.24) is 35.2 Å². The predicted octanol–water partition coefficient (Wildman–Crippen LogP) is 0.419. The van der Waals surface area contributed by atoms with E-state index in [4.69, 9.17) is 4.74 Å². The van der Waals surface area contributed by atoms with Crippen molar-refractivity contribution in [2.75, 3.05) is 13.2 Å². The predicted molar refractivity (Wildman–Crippen MR) is 101 cm³/mol. The van der Waals surface area contributed by atoms with E-state index < -0.39 is 0 Å². The number of hydrogen-bond donors (Lipinski definition) is 1. The molecular formula is C19H19N7O3. The summed E-state index contributed by atoms with van der Waals surface area (Å²) in [5, 5.41) is 10.9. The van der Waals surface area contributed by atoms with Crippen LogP contribution in [0.1, 0.15) is 21.6 Å². The minimum Gasteiger partial charge on any atom is -0.491 e. The monoisotopic (exact) mass is 393 g/mol. The van der Waals surface area contributed by atoms with Crippen molar-refractivity contribution in [2.24, 2.45) is 0 Å². The summed E-state index contributed by atoms with van der Waals surface area (Å²) in [5.74, 6) is 0.231. The van der Waals surface area contributed by atoms with Gasteiger partial charge in [0.1, 0.15) is 30.9 Å². The molecule has 3 aromatic rings. The Kier molecular flexibility index (Phi) is 5.41. The highest BCUT2D eigenvalue weighted by molar-refractivity contribution is 5.93. The van der Waals surface area contributed by atoms with Crippen LogP contribution in [0, 0.1) is 0 Å². The van der Waals surface area contributed by atoms with Crippen LogP contribution < -0.4 is 10.1 Å². The van der Waals surface area contributed by atoms with E-state index in [9.17, 15) is 9.59 Å². The Morgan fingerprint density at radius 2 is 1.93 bits per heavy atom. The van der Waals surface area contributed by atoms with Crippen molar-refractivity contribution >= 4 is 11.8 Å². The molecule has 29 heavy (non-hydrogen) atoms. The summed E-state index contributed by atoms with van der Waals surface area (Å²) < 4.78 is 7.28. The Balaban J connectivity index is 1.68. The van der Waals surface area contributed by atoms with Crippen LogP contribution >= 0.6 is 0 Å². The molecule has 0 saturated carbocycles. The molecule has 1 aromatic carbocycles. The van der Waals surface area contributed by atoms with Crippen LogP contribution in [0.4, 0.5) is 0 Å². The molecule has 0 spiro atoms. The van der Waals surface area contributed by atoms with E-state index in [1.807, 2.05) is 24.3 Å². The number of hydrogen-bond acceptors (Lipinski definition) is 7. The largest absolute Gasteiger partial charge is 0.491 e. The number of aromatic nitrogens is 5. The number of nitrogens with zero attached hydrogens (tertiary/aromatic N) is 6. The topological polar surface area (TPSA) is 115 Å². The molecule has 0 aliphatic carbocycles. The molecule has 0 radical (unpaired) electrons. The van der Waals surface area contributed by atoms with E-state index in [2.05, 4.69) is 25.6 Å². The van der Waals surface area contributed by atoms with Gasteiger partial charge in [0.15, 0.2) is 0 Å². The van der Waals surface area contributed by atoms with Gasteiger partial charge in [-0.25, -0.2) is 14.6 Å². The van der Waals surface area contributed by atoms with Crippen LogP contribution in [-0.4, -0.2) is 54.8 Å². The molecule has 3 heterocycles. The highest BCUT2D eigenvalue weighted by Crippen LogP contribution is 2.22. The summed E-state index contributed by atoms with van der Waals surface area (Å²) in [7, 11) is 0. The van der Waals surface area contributed by atoms with Gasteiger partial charge in [-0.3, -0.25) is 9.59 Å². The van der Waals surface area contributed by atoms with Crippen molar-refractivity contribution < 1.29 is 14.3 Å². The Labute approximate surface area is 166 Å². The second-order valence-corrected chi connectivity index (χ2v) is 6.50. The van der Waals surface area contributed by atoms with Gasteiger partial charge in [0, 0.05) is 18.0 Å². The van der Waals surface area contributed by atoms with Crippen LogP contribution in [-0.2, 0) is 24.4 Å². The van der Waals surface area contributed by atoms with Crippen LogP contribution in [0.25, 0.3) is 0 Å². The maximum atomic E-state index is 13.1. The van der Waals surface area contributed by atoms with E-state index in [0.29, 0.717) is 36.7 Å². The Hall–Kier alpha value is -3.82. The third-order valence-corrected chi connectivity index (χ3v) is 4.35. The number of ether oxygens (including phenoxy) is 1. The van der Waals surface area contributed by atoms with E-state index >= 15 is 0 Å². The number of fused-ring (bicyclic) bond motifs is 3. The lowest BCUT2D eigenvalue weighted by Crippen LogP contribution is -2.32. The second kappa shape index (κ2) is 8.46. The van der Waals surface area contributed by atoms with E-state index in [-0.39, 0.29) is 24.9 Å². The first kappa shape index (κ1) is 18.5. The number of carbonyl (C=O) groups excluding carboxylic acids is 2. The second-order valence-electron chi connectivity index (χ2n) is 6.50. The smallest absolute Gasteiger partial charge is 0.257 e. The fourth-order valence-electron chi connectivity index (χ4n) is 3.01. The number of para-hydroxylation sites is 1. The third kappa shape index (κ3) is 4.54. The number of amides is 2. The molecule has 1 aliphatic rings. The summed E-state index contributed by atoms with van der Waals surface area (Å²) in [5.41, 5.74) is 1.78. The van der Waals surface area contributed by atoms with Crippen LogP contribution in [0.2, 0.25) is 0 Å². The summed E-state index contributed by atoms with van der Waals surface area (Å²) in [6.45, 7) is 1.24. The number of nitrogens with one attached hydrogen (secondary N) is 1.